The molecule has 100 valence electrons. The van der Waals surface area contributed by atoms with Gasteiger partial charge in [0.2, 0.25) is 5.76 Å². The molecule has 2 aromatic rings. The summed E-state index contributed by atoms with van der Waals surface area (Å²) in [7, 11) is 0. The Morgan fingerprint density at radius 3 is 2.53 bits per heavy atom. The average molecular weight is 276 g/mol. The van der Waals surface area contributed by atoms with E-state index in [-0.39, 0.29) is 5.76 Å². The van der Waals surface area contributed by atoms with Gasteiger partial charge in [0.25, 0.3) is 0 Å². The third-order valence-electron chi connectivity index (χ3n) is 3.01. The molecule has 4 heteroatoms. The minimum absolute atomic E-state index is 0.0176. The molecule has 1 heterocycles. The van der Waals surface area contributed by atoms with Crippen molar-refractivity contribution in [2.24, 2.45) is 0 Å². The van der Waals surface area contributed by atoms with Gasteiger partial charge >= 0.3 is 5.97 Å². The molecule has 0 unspecified atom stereocenters. The number of furan rings is 1. The molecule has 1 aromatic carbocycles. The maximum Gasteiger partial charge on any atom is 0.371 e. The largest absolute Gasteiger partial charge is 0.475 e. The molecule has 1 aromatic heterocycles. The molecule has 0 saturated carbocycles. The number of rotatable bonds is 5. The minimum atomic E-state index is -1.02. The van der Waals surface area contributed by atoms with Crippen LogP contribution in [0.3, 0.4) is 0 Å². The second-order valence-corrected chi connectivity index (χ2v) is 5.40. The highest BCUT2D eigenvalue weighted by Crippen LogP contribution is 2.24. The van der Waals surface area contributed by atoms with Crippen LogP contribution in [0.15, 0.2) is 34.7 Å². The Balaban J connectivity index is 1.96. The van der Waals surface area contributed by atoms with E-state index in [4.69, 9.17) is 9.52 Å². The predicted molar refractivity (Wildman–Crippen MR) is 76.6 cm³/mol. The molecule has 0 aliphatic carbocycles. The molecule has 0 aliphatic heterocycles. The first-order valence-corrected chi connectivity index (χ1v) is 7.18. The Labute approximate surface area is 116 Å². The van der Waals surface area contributed by atoms with Gasteiger partial charge in [-0.3, -0.25) is 0 Å². The van der Waals surface area contributed by atoms with Crippen LogP contribution in [0.4, 0.5) is 0 Å². The van der Waals surface area contributed by atoms with Crippen molar-refractivity contribution in [3.8, 4) is 0 Å². The van der Waals surface area contributed by atoms with E-state index >= 15 is 0 Å². The van der Waals surface area contributed by atoms with E-state index in [1.165, 1.54) is 11.1 Å². The molecule has 0 fully saturated rings. The number of carboxylic acid groups (broad SMARTS) is 1. The normalized spacial score (nSPS) is 10.6. The first kappa shape index (κ1) is 13.7. The fraction of sp³-hybridized carbons (Fsp3) is 0.267. The van der Waals surface area contributed by atoms with Gasteiger partial charge in [0.1, 0.15) is 5.76 Å². The maximum absolute atomic E-state index is 10.8. The standard InChI is InChI=1S/C15H16O3S/c1-10-5-3-4-6-12(10)8-19-9-13-7-14(15(16)17)18-11(13)2/h3-7H,8-9H2,1-2H3,(H,16,17). The summed E-state index contributed by atoms with van der Waals surface area (Å²) in [6, 6.07) is 9.90. The number of carbonyl (C=O) groups is 1. The third kappa shape index (κ3) is 3.41. The zero-order valence-electron chi connectivity index (χ0n) is 11.0. The van der Waals surface area contributed by atoms with Crippen molar-refractivity contribution in [2.45, 2.75) is 25.4 Å². The summed E-state index contributed by atoms with van der Waals surface area (Å²) >= 11 is 1.76. The van der Waals surface area contributed by atoms with E-state index in [1.807, 2.05) is 12.1 Å². The van der Waals surface area contributed by atoms with E-state index in [1.54, 1.807) is 24.8 Å². The Morgan fingerprint density at radius 1 is 1.21 bits per heavy atom. The molecule has 0 saturated heterocycles. The van der Waals surface area contributed by atoms with E-state index < -0.39 is 5.97 Å². The molecule has 0 radical (unpaired) electrons. The van der Waals surface area contributed by atoms with Crippen LogP contribution in [-0.2, 0) is 11.5 Å². The van der Waals surface area contributed by atoms with Crippen LogP contribution in [0.25, 0.3) is 0 Å². The maximum atomic E-state index is 10.8. The first-order chi connectivity index (χ1) is 9.08. The lowest BCUT2D eigenvalue weighted by Gasteiger charge is -2.04. The lowest BCUT2D eigenvalue weighted by molar-refractivity contribution is 0.0661. The second kappa shape index (κ2) is 5.97. The van der Waals surface area contributed by atoms with E-state index in [9.17, 15) is 4.79 Å². The third-order valence-corrected chi connectivity index (χ3v) is 4.04. The van der Waals surface area contributed by atoms with Gasteiger partial charge in [-0.25, -0.2) is 4.79 Å². The van der Waals surface area contributed by atoms with Crippen LogP contribution in [-0.4, -0.2) is 11.1 Å². The van der Waals surface area contributed by atoms with Crippen molar-refractivity contribution in [1.82, 2.24) is 0 Å². The van der Waals surface area contributed by atoms with Gasteiger partial charge in [0.05, 0.1) is 0 Å². The first-order valence-electron chi connectivity index (χ1n) is 6.03. The van der Waals surface area contributed by atoms with Crippen molar-refractivity contribution in [2.75, 3.05) is 0 Å². The summed E-state index contributed by atoms with van der Waals surface area (Å²) in [6.45, 7) is 3.90. The number of hydrogen-bond acceptors (Lipinski definition) is 3. The van der Waals surface area contributed by atoms with Crippen LogP contribution in [0, 0.1) is 13.8 Å². The zero-order valence-corrected chi connectivity index (χ0v) is 11.8. The van der Waals surface area contributed by atoms with Crippen molar-refractivity contribution in [1.29, 1.82) is 0 Å². The van der Waals surface area contributed by atoms with Crippen molar-refractivity contribution < 1.29 is 14.3 Å². The van der Waals surface area contributed by atoms with Gasteiger partial charge in [-0.2, -0.15) is 11.8 Å². The summed E-state index contributed by atoms with van der Waals surface area (Å²) < 4.78 is 5.19. The molecule has 1 N–H and O–H groups in total. The van der Waals surface area contributed by atoms with Gasteiger partial charge in [-0.15, -0.1) is 0 Å². The Hall–Kier alpha value is -1.68. The van der Waals surface area contributed by atoms with Gasteiger partial charge in [-0.05, 0) is 31.0 Å². The monoisotopic (exact) mass is 276 g/mol. The summed E-state index contributed by atoms with van der Waals surface area (Å²) in [6.07, 6.45) is 0. The Morgan fingerprint density at radius 2 is 1.89 bits per heavy atom. The van der Waals surface area contributed by atoms with E-state index in [0.29, 0.717) is 5.76 Å². The summed E-state index contributed by atoms with van der Waals surface area (Å²) in [5.41, 5.74) is 3.55. The van der Waals surface area contributed by atoms with Crippen LogP contribution in [0.5, 0.6) is 0 Å². The number of aromatic carboxylic acids is 1. The topological polar surface area (TPSA) is 50.4 Å². The van der Waals surface area contributed by atoms with Crippen molar-refractivity contribution >= 4 is 17.7 Å². The number of benzene rings is 1. The average Bonchev–Trinajstić information content (AvgIpc) is 2.74. The smallest absolute Gasteiger partial charge is 0.371 e. The second-order valence-electron chi connectivity index (χ2n) is 4.42. The molecule has 0 spiro atoms. The summed E-state index contributed by atoms with van der Waals surface area (Å²) in [4.78, 5) is 10.8. The van der Waals surface area contributed by atoms with Gasteiger partial charge < -0.3 is 9.52 Å². The molecular formula is C15H16O3S. The fourth-order valence-corrected chi connectivity index (χ4v) is 2.96. The number of carboxylic acids is 1. The Kier molecular flexibility index (Phi) is 4.32. The van der Waals surface area contributed by atoms with Gasteiger partial charge in [0.15, 0.2) is 0 Å². The molecule has 0 amide bonds. The number of thioether (sulfide) groups is 1. The SMILES string of the molecule is Cc1ccccc1CSCc1cc(C(=O)O)oc1C. The number of hydrogen-bond donors (Lipinski definition) is 1. The van der Waals surface area contributed by atoms with Crippen LogP contribution < -0.4 is 0 Å². The lowest BCUT2D eigenvalue weighted by atomic mass is 10.1. The molecule has 0 atom stereocenters. The molecule has 0 bridgehead atoms. The molecule has 2 rings (SSSR count). The highest BCUT2D eigenvalue weighted by Gasteiger charge is 2.12. The molecule has 19 heavy (non-hydrogen) atoms. The van der Waals surface area contributed by atoms with Crippen molar-refractivity contribution in [3.05, 3.63) is 58.5 Å². The molecular weight excluding hydrogens is 260 g/mol. The molecule has 0 aliphatic rings. The van der Waals surface area contributed by atoms with Gasteiger partial charge in [-0.1, -0.05) is 24.3 Å². The fourth-order valence-electron chi connectivity index (χ4n) is 1.81. The minimum Gasteiger partial charge on any atom is -0.475 e. The van der Waals surface area contributed by atoms with Crippen molar-refractivity contribution in [3.63, 3.8) is 0 Å². The van der Waals surface area contributed by atoms with Crippen LogP contribution >= 0.6 is 11.8 Å². The summed E-state index contributed by atoms with van der Waals surface area (Å²) in [5.74, 6) is 1.37. The lowest BCUT2D eigenvalue weighted by Crippen LogP contribution is -1.91. The van der Waals surface area contributed by atoms with Crippen LogP contribution in [0.1, 0.15) is 33.0 Å². The summed E-state index contributed by atoms with van der Waals surface area (Å²) in [5, 5.41) is 8.86. The quantitative estimate of drug-likeness (QED) is 0.895. The molecule has 3 nitrogen and oxygen atoms in total. The highest BCUT2D eigenvalue weighted by atomic mass is 32.2. The van der Waals surface area contributed by atoms with Crippen LogP contribution in [0.2, 0.25) is 0 Å². The zero-order chi connectivity index (χ0) is 13.8. The van der Waals surface area contributed by atoms with E-state index in [2.05, 4.69) is 19.1 Å². The Bertz CT molecular complexity index is 587. The van der Waals surface area contributed by atoms with E-state index in [0.717, 1.165) is 17.1 Å². The highest BCUT2D eigenvalue weighted by molar-refractivity contribution is 7.97. The predicted octanol–water partition coefficient (Wildman–Crippen LogP) is 4.03. The number of aryl methyl sites for hydroxylation is 2. The van der Waals surface area contributed by atoms with Gasteiger partial charge in [0, 0.05) is 17.1 Å².